The number of amides is 1. The van der Waals surface area contributed by atoms with Crippen molar-refractivity contribution in [2.24, 2.45) is 7.05 Å². The van der Waals surface area contributed by atoms with Gasteiger partial charge in [-0.15, -0.1) is 0 Å². The van der Waals surface area contributed by atoms with Gasteiger partial charge in [0, 0.05) is 23.9 Å². The van der Waals surface area contributed by atoms with Crippen molar-refractivity contribution in [1.29, 1.82) is 0 Å². The number of hydrogen-bond acceptors (Lipinski definition) is 2. The van der Waals surface area contributed by atoms with Crippen molar-refractivity contribution in [2.45, 2.75) is 6.04 Å². The summed E-state index contributed by atoms with van der Waals surface area (Å²) in [6.07, 6.45) is 3.47. The Morgan fingerprint density at radius 1 is 1.25 bits per heavy atom. The van der Waals surface area contributed by atoms with Crippen molar-refractivity contribution in [3.8, 4) is 0 Å². The number of nitrogens with one attached hydrogen (secondary N) is 1. The van der Waals surface area contributed by atoms with Crippen LogP contribution in [0.5, 0.6) is 0 Å². The fourth-order valence-corrected chi connectivity index (χ4v) is 2.81. The molecular formula is C18H15BrFN3O. The molecule has 1 atom stereocenters. The molecule has 6 heteroatoms. The fraction of sp³-hybridized carbons (Fsp3) is 0.111. The molecule has 0 bridgehead atoms. The summed E-state index contributed by atoms with van der Waals surface area (Å²) in [5.41, 5.74) is 0.867. The highest BCUT2D eigenvalue weighted by Gasteiger charge is 2.22. The van der Waals surface area contributed by atoms with Crippen molar-refractivity contribution in [3.63, 3.8) is 0 Å². The second-order valence-corrected chi connectivity index (χ2v) is 6.25. The highest BCUT2D eigenvalue weighted by Crippen LogP contribution is 2.22. The molecule has 3 aromatic rings. The van der Waals surface area contributed by atoms with Gasteiger partial charge < -0.3 is 9.88 Å². The number of nitrogens with zero attached hydrogens (tertiary/aromatic N) is 2. The van der Waals surface area contributed by atoms with E-state index in [-0.39, 0.29) is 5.56 Å². The van der Waals surface area contributed by atoms with E-state index in [0.717, 1.165) is 5.56 Å². The summed E-state index contributed by atoms with van der Waals surface area (Å²) in [5, 5.41) is 2.88. The van der Waals surface area contributed by atoms with Crippen molar-refractivity contribution >= 4 is 21.8 Å². The summed E-state index contributed by atoms with van der Waals surface area (Å²) < 4.78 is 16.5. The van der Waals surface area contributed by atoms with E-state index in [1.54, 1.807) is 18.5 Å². The van der Waals surface area contributed by atoms with Crippen LogP contribution in [0.15, 0.2) is 65.4 Å². The summed E-state index contributed by atoms with van der Waals surface area (Å²) >= 11 is 3.19. The summed E-state index contributed by atoms with van der Waals surface area (Å²) in [6.45, 7) is 0. The van der Waals surface area contributed by atoms with Crippen molar-refractivity contribution in [2.75, 3.05) is 0 Å². The van der Waals surface area contributed by atoms with Crippen LogP contribution >= 0.6 is 15.9 Å². The lowest BCUT2D eigenvalue weighted by atomic mass is 10.1. The van der Waals surface area contributed by atoms with E-state index in [9.17, 15) is 9.18 Å². The van der Waals surface area contributed by atoms with Crippen molar-refractivity contribution < 1.29 is 9.18 Å². The normalized spacial score (nSPS) is 12.0. The topological polar surface area (TPSA) is 46.9 Å². The molecule has 0 saturated carbocycles. The minimum atomic E-state index is -0.575. The molecule has 1 N–H and O–H groups in total. The number of rotatable bonds is 4. The maximum atomic E-state index is 14.1. The Labute approximate surface area is 147 Å². The molecule has 1 aromatic heterocycles. The van der Waals surface area contributed by atoms with Gasteiger partial charge in [0.05, 0.1) is 5.56 Å². The molecule has 122 valence electrons. The third kappa shape index (κ3) is 3.38. The van der Waals surface area contributed by atoms with Gasteiger partial charge in [0.15, 0.2) is 0 Å². The molecule has 24 heavy (non-hydrogen) atoms. The third-order valence-electron chi connectivity index (χ3n) is 3.70. The van der Waals surface area contributed by atoms with Gasteiger partial charge in [-0.1, -0.05) is 46.3 Å². The second kappa shape index (κ2) is 6.97. The summed E-state index contributed by atoms with van der Waals surface area (Å²) in [7, 11) is 1.85. The lowest BCUT2D eigenvalue weighted by molar-refractivity contribution is 0.0937. The van der Waals surface area contributed by atoms with Gasteiger partial charge >= 0.3 is 0 Å². The Balaban J connectivity index is 1.95. The average Bonchev–Trinajstić information content (AvgIpc) is 2.99. The SMILES string of the molecule is Cn1ccnc1C(NC(=O)c1ccc(Br)cc1F)c1ccccc1. The first-order valence-corrected chi connectivity index (χ1v) is 8.13. The van der Waals surface area contributed by atoms with Crippen LogP contribution in [0.3, 0.4) is 0 Å². The molecule has 0 saturated heterocycles. The van der Waals surface area contributed by atoms with Crippen LogP contribution in [-0.2, 0) is 7.05 Å². The van der Waals surface area contributed by atoms with Gasteiger partial charge in [0.1, 0.15) is 17.7 Å². The van der Waals surface area contributed by atoms with Crippen LogP contribution in [-0.4, -0.2) is 15.5 Å². The first kappa shape index (κ1) is 16.4. The minimum Gasteiger partial charge on any atom is -0.338 e. The molecule has 1 unspecified atom stereocenters. The predicted molar refractivity (Wildman–Crippen MR) is 93.1 cm³/mol. The van der Waals surface area contributed by atoms with Gasteiger partial charge in [-0.05, 0) is 23.8 Å². The Kier molecular flexibility index (Phi) is 4.76. The number of carbonyl (C=O) groups excluding carboxylic acids is 1. The van der Waals surface area contributed by atoms with Gasteiger partial charge in [-0.2, -0.15) is 0 Å². The number of aromatic nitrogens is 2. The zero-order valence-electron chi connectivity index (χ0n) is 12.9. The molecule has 0 aliphatic heterocycles. The molecule has 0 fully saturated rings. The molecule has 2 aromatic carbocycles. The van der Waals surface area contributed by atoms with E-state index in [0.29, 0.717) is 10.3 Å². The number of carbonyl (C=O) groups is 1. The van der Waals surface area contributed by atoms with Gasteiger partial charge in [-0.25, -0.2) is 9.37 Å². The predicted octanol–water partition coefficient (Wildman–Crippen LogP) is 3.84. The van der Waals surface area contributed by atoms with Gasteiger partial charge in [0.25, 0.3) is 5.91 Å². The molecule has 3 rings (SSSR count). The smallest absolute Gasteiger partial charge is 0.255 e. The van der Waals surface area contributed by atoms with E-state index in [2.05, 4.69) is 26.2 Å². The highest BCUT2D eigenvalue weighted by atomic mass is 79.9. The van der Waals surface area contributed by atoms with E-state index in [4.69, 9.17) is 0 Å². The summed E-state index contributed by atoms with van der Waals surface area (Å²) in [5.74, 6) is -0.391. The van der Waals surface area contributed by atoms with Crippen LogP contribution in [0.4, 0.5) is 4.39 Å². The van der Waals surface area contributed by atoms with Gasteiger partial charge in [-0.3, -0.25) is 4.79 Å². The van der Waals surface area contributed by atoms with E-state index in [1.165, 1.54) is 12.1 Å². The van der Waals surface area contributed by atoms with Crippen LogP contribution < -0.4 is 5.32 Å². The molecule has 0 aliphatic carbocycles. The zero-order valence-corrected chi connectivity index (χ0v) is 14.5. The number of halogens is 2. The van der Waals surface area contributed by atoms with E-state index < -0.39 is 17.8 Å². The Bertz CT molecular complexity index is 864. The van der Waals surface area contributed by atoms with Crippen LogP contribution in [0.1, 0.15) is 27.8 Å². The molecule has 0 radical (unpaired) electrons. The molecule has 1 heterocycles. The fourth-order valence-electron chi connectivity index (χ4n) is 2.48. The Hall–Kier alpha value is -2.47. The summed E-state index contributed by atoms with van der Waals surface area (Å²) in [6, 6.07) is 13.4. The highest BCUT2D eigenvalue weighted by molar-refractivity contribution is 9.10. The maximum absolute atomic E-state index is 14.1. The standard InChI is InChI=1S/C18H15BrFN3O/c1-23-10-9-21-17(23)16(12-5-3-2-4-6-12)22-18(24)14-8-7-13(19)11-15(14)20/h2-11,16H,1H3,(H,22,24). The number of benzene rings is 2. The van der Waals surface area contributed by atoms with Crippen LogP contribution in [0, 0.1) is 5.82 Å². The first-order chi connectivity index (χ1) is 11.6. The quantitative estimate of drug-likeness (QED) is 0.738. The number of imidazole rings is 1. The molecular weight excluding hydrogens is 373 g/mol. The zero-order chi connectivity index (χ0) is 17.1. The Morgan fingerprint density at radius 2 is 2.00 bits per heavy atom. The summed E-state index contributed by atoms with van der Waals surface area (Å²) in [4.78, 5) is 16.9. The minimum absolute atomic E-state index is 0.00617. The molecule has 1 amide bonds. The largest absolute Gasteiger partial charge is 0.338 e. The lowest BCUT2D eigenvalue weighted by Crippen LogP contribution is -2.31. The van der Waals surface area contributed by atoms with Crippen molar-refractivity contribution in [1.82, 2.24) is 14.9 Å². The molecule has 4 nitrogen and oxygen atoms in total. The molecule has 0 spiro atoms. The van der Waals surface area contributed by atoms with E-state index >= 15 is 0 Å². The second-order valence-electron chi connectivity index (χ2n) is 5.34. The van der Waals surface area contributed by atoms with E-state index in [1.807, 2.05) is 41.9 Å². The maximum Gasteiger partial charge on any atom is 0.255 e. The number of hydrogen-bond donors (Lipinski definition) is 1. The average molecular weight is 388 g/mol. The molecule has 0 aliphatic rings. The van der Waals surface area contributed by atoms with Gasteiger partial charge in [0.2, 0.25) is 0 Å². The monoisotopic (exact) mass is 387 g/mol. The number of aryl methyl sites for hydroxylation is 1. The Morgan fingerprint density at radius 3 is 2.62 bits per heavy atom. The lowest BCUT2D eigenvalue weighted by Gasteiger charge is -2.19. The van der Waals surface area contributed by atoms with Crippen LogP contribution in [0.2, 0.25) is 0 Å². The van der Waals surface area contributed by atoms with Crippen molar-refractivity contribution in [3.05, 3.63) is 88.2 Å². The third-order valence-corrected chi connectivity index (χ3v) is 4.19. The first-order valence-electron chi connectivity index (χ1n) is 7.34. The van der Waals surface area contributed by atoms with Crippen LogP contribution in [0.25, 0.3) is 0 Å².